The number of para-hydroxylation sites is 2. The van der Waals surface area contributed by atoms with E-state index in [1.54, 1.807) is 18.6 Å². The van der Waals surface area contributed by atoms with E-state index in [1.165, 1.54) is 0 Å². The Balaban J connectivity index is 1.29. The highest BCUT2D eigenvalue weighted by Crippen LogP contribution is 2.27. The molecule has 2 heterocycles. The molecule has 2 amide bonds. The number of carbonyl (C=O) groups excluding carboxylic acids is 1. The standard InChI is InChI=1S/C23H21N5O2/c29-23(27-18-6-2-1-3-7-18)28-22-11-10-17(14-25-22)12-13-30-21-9-5-4-8-19(21)20-15-24-16-26-20/h1-11,14-16H,12-13H2,(H,24,26)(H2,25,27,28,29). The lowest BCUT2D eigenvalue weighted by molar-refractivity contribution is 0.262. The van der Waals surface area contributed by atoms with Crippen LogP contribution < -0.4 is 15.4 Å². The zero-order valence-corrected chi connectivity index (χ0v) is 16.2. The molecule has 0 aliphatic heterocycles. The van der Waals surface area contributed by atoms with E-state index in [1.807, 2.05) is 66.9 Å². The van der Waals surface area contributed by atoms with Gasteiger partial charge in [-0.05, 0) is 35.9 Å². The molecule has 2 aromatic carbocycles. The van der Waals surface area contributed by atoms with Gasteiger partial charge in [-0.2, -0.15) is 0 Å². The van der Waals surface area contributed by atoms with Gasteiger partial charge in [0.25, 0.3) is 0 Å². The van der Waals surface area contributed by atoms with Crippen LogP contribution in [0.2, 0.25) is 0 Å². The second-order valence-electron chi connectivity index (χ2n) is 6.55. The van der Waals surface area contributed by atoms with Crippen molar-refractivity contribution in [2.24, 2.45) is 0 Å². The van der Waals surface area contributed by atoms with Crippen LogP contribution in [-0.4, -0.2) is 27.6 Å². The number of aromatic amines is 1. The molecule has 30 heavy (non-hydrogen) atoms. The lowest BCUT2D eigenvalue weighted by Crippen LogP contribution is -2.20. The first-order chi connectivity index (χ1) is 14.8. The molecule has 0 aliphatic rings. The minimum absolute atomic E-state index is 0.334. The van der Waals surface area contributed by atoms with Crippen LogP contribution in [0.5, 0.6) is 5.75 Å². The molecular formula is C23H21N5O2. The zero-order valence-electron chi connectivity index (χ0n) is 16.2. The largest absolute Gasteiger partial charge is 0.493 e. The molecule has 4 rings (SSSR count). The van der Waals surface area contributed by atoms with Crippen LogP contribution in [0, 0.1) is 0 Å². The number of aromatic nitrogens is 3. The first kappa shape index (κ1) is 19.2. The van der Waals surface area contributed by atoms with Crippen LogP contribution >= 0.6 is 0 Å². The van der Waals surface area contributed by atoms with Crippen LogP contribution in [0.3, 0.4) is 0 Å². The molecule has 0 bridgehead atoms. The summed E-state index contributed by atoms with van der Waals surface area (Å²) in [5.41, 5.74) is 3.53. The van der Waals surface area contributed by atoms with Crippen molar-refractivity contribution in [1.82, 2.24) is 15.0 Å². The number of nitrogens with zero attached hydrogens (tertiary/aromatic N) is 2. The highest BCUT2D eigenvalue weighted by atomic mass is 16.5. The molecule has 7 nitrogen and oxygen atoms in total. The summed E-state index contributed by atoms with van der Waals surface area (Å²) >= 11 is 0. The van der Waals surface area contributed by atoms with Gasteiger partial charge < -0.3 is 15.0 Å². The maximum absolute atomic E-state index is 12.0. The number of amides is 2. The monoisotopic (exact) mass is 399 g/mol. The highest BCUT2D eigenvalue weighted by Gasteiger charge is 2.08. The SMILES string of the molecule is O=C(Nc1ccccc1)Nc1ccc(CCOc2ccccc2-c2c[nH]cn2)cn1. The average molecular weight is 399 g/mol. The molecule has 0 atom stereocenters. The van der Waals surface area contributed by atoms with Gasteiger partial charge in [-0.15, -0.1) is 0 Å². The lowest BCUT2D eigenvalue weighted by atomic mass is 10.1. The summed E-state index contributed by atoms with van der Waals surface area (Å²) in [4.78, 5) is 23.6. The van der Waals surface area contributed by atoms with E-state index >= 15 is 0 Å². The predicted molar refractivity (Wildman–Crippen MR) is 117 cm³/mol. The van der Waals surface area contributed by atoms with Crippen molar-refractivity contribution in [1.29, 1.82) is 0 Å². The third-order valence-corrected chi connectivity index (χ3v) is 4.41. The molecule has 2 aromatic heterocycles. The van der Waals surface area contributed by atoms with Crippen molar-refractivity contribution in [3.8, 4) is 17.0 Å². The number of H-pyrrole nitrogens is 1. The van der Waals surface area contributed by atoms with Crippen molar-refractivity contribution in [3.63, 3.8) is 0 Å². The van der Waals surface area contributed by atoms with Gasteiger partial charge in [0.15, 0.2) is 0 Å². The molecule has 150 valence electrons. The fourth-order valence-corrected chi connectivity index (χ4v) is 2.94. The summed E-state index contributed by atoms with van der Waals surface area (Å²) in [6, 6.07) is 20.4. The first-order valence-electron chi connectivity index (χ1n) is 9.57. The maximum Gasteiger partial charge on any atom is 0.324 e. The topological polar surface area (TPSA) is 91.9 Å². The number of pyridine rings is 1. The van der Waals surface area contributed by atoms with Crippen LogP contribution in [0.15, 0.2) is 85.5 Å². The number of anilines is 2. The number of benzene rings is 2. The summed E-state index contributed by atoms with van der Waals surface area (Å²) < 4.78 is 5.96. The predicted octanol–water partition coefficient (Wildman–Crippen LogP) is 4.74. The Labute approximate surface area is 174 Å². The Morgan fingerprint density at radius 2 is 1.77 bits per heavy atom. The van der Waals surface area contributed by atoms with E-state index in [9.17, 15) is 4.79 Å². The molecule has 0 radical (unpaired) electrons. The Hall–Kier alpha value is -4.13. The molecule has 7 heteroatoms. The molecule has 3 N–H and O–H groups in total. The molecule has 0 spiro atoms. The number of nitrogens with one attached hydrogen (secondary N) is 3. The first-order valence-corrected chi connectivity index (χ1v) is 9.57. The van der Waals surface area contributed by atoms with Gasteiger partial charge in [0, 0.05) is 30.1 Å². The van der Waals surface area contributed by atoms with Crippen molar-refractivity contribution in [3.05, 3.63) is 91.0 Å². The Morgan fingerprint density at radius 3 is 2.53 bits per heavy atom. The minimum atomic E-state index is -0.334. The van der Waals surface area contributed by atoms with Gasteiger partial charge in [0.1, 0.15) is 11.6 Å². The van der Waals surface area contributed by atoms with Gasteiger partial charge >= 0.3 is 6.03 Å². The summed E-state index contributed by atoms with van der Waals surface area (Å²) in [5.74, 6) is 1.27. The minimum Gasteiger partial charge on any atom is -0.493 e. The van der Waals surface area contributed by atoms with E-state index in [4.69, 9.17) is 4.74 Å². The maximum atomic E-state index is 12.0. The van der Waals surface area contributed by atoms with Crippen molar-refractivity contribution in [2.75, 3.05) is 17.2 Å². The zero-order chi connectivity index (χ0) is 20.6. The van der Waals surface area contributed by atoms with Crippen LogP contribution in [0.1, 0.15) is 5.56 Å². The number of imidazole rings is 1. The second-order valence-corrected chi connectivity index (χ2v) is 6.55. The molecule has 0 saturated heterocycles. The average Bonchev–Trinajstić information content (AvgIpc) is 3.31. The van der Waals surface area contributed by atoms with Gasteiger partial charge in [0.05, 0.1) is 18.6 Å². The van der Waals surface area contributed by atoms with E-state index in [0.29, 0.717) is 18.8 Å². The molecule has 0 aliphatic carbocycles. The number of ether oxygens (including phenoxy) is 1. The van der Waals surface area contributed by atoms with E-state index in [2.05, 4.69) is 25.6 Å². The Kier molecular flexibility index (Phi) is 6.00. The van der Waals surface area contributed by atoms with Gasteiger partial charge in [-0.25, -0.2) is 14.8 Å². The van der Waals surface area contributed by atoms with E-state index in [-0.39, 0.29) is 6.03 Å². The number of hydrogen-bond acceptors (Lipinski definition) is 4. The quantitative estimate of drug-likeness (QED) is 0.419. The van der Waals surface area contributed by atoms with Gasteiger partial charge in [-0.1, -0.05) is 36.4 Å². The van der Waals surface area contributed by atoms with Crippen LogP contribution in [-0.2, 0) is 6.42 Å². The third kappa shape index (κ3) is 5.02. The highest BCUT2D eigenvalue weighted by molar-refractivity contribution is 5.99. The van der Waals surface area contributed by atoms with E-state index in [0.717, 1.165) is 28.3 Å². The van der Waals surface area contributed by atoms with Gasteiger partial charge in [-0.3, -0.25) is 5.32 Å². The molecule has 0 fully saturated rings. The van der Waals surface area contributed by atoms with E-state index < -0.39 is 0 Å². The smallest absolute Gasteiger partial charge is 0.324 e. The Bertz CT molecular complexity index is 1080. The second kappa shape index (κ2) is 9.38. The number of carbonyl (C=O) groups is 1. The fourth-order valence-electron chi connectivity index (χ4n) is 2.94. The number of hydrogen-bond donors (Lipinski definition) is 3. The summed E-state index contributed by atoms with van der Waals surface area (Å²) in [6.07, 6.45) is 5.92. The van der Waals surface area contributed by atoms with Crippen LogP contribution in [0.25, 0.3) is 11.3 Å². The number of rotatable bonds is 7. The molecule has 0 saturated carbocycles. The summed E-state index contributed by atoms with van der Waals surface area (Å²) in [6.45, 7) is 0.504. The Morgan fingerprint density at radius 1 is 0.933 bits per heavy atom. The normalized spacial score (nSPS) is 10.4. The van der Waals surface area contributed by atoms with Crippen molar-refractivity contribution < 1.29 is 9.53 Å². The molecule has 0 unspecified atom stereocenters. The fraction of sp³-hybridized carbons (Fsp3) is 0.0870. The summed E-state index contributed by atoms with van der Waals surface area (Å²) in [5, 5.41) is 5.48. The molecular weight excluding hydrogens is 378 g/mol. The third-order valence-electron chi connectivity index (χ3n) is 4.41. The van der Waals surface area contributed by atoms with Gasteiger partial charge in [0.2, 0.25) is 0 Å². The van der Waals surface area contributed by atoms with Crippen LogP contribution in [0.4, 0.5) is 16.3 Å². The lowest BCUT2D eigenvalue weighted by Gasteiger charge is -2.10. The summed E-state index contributed by atoms with van der Waals surface area (Å²) in [7, 11) is 0. The number of urea groups is 1. The van der Waals surface area contributed by atoms with Crippen molar-refractivity contribution in [2.45, 2.75) is 6.42 Å². The van der Waals surface area contributed by atoms with Crippen molar-refractivity contribution >= 4 is 17.5 Å². The molecule has 4 aromatic rings.